The SMILES string of the molecule is COc1ccccc1C1CNCCN1C(=O)CCOCC1CC1.Cl. The van der Waals surface area contributed by atoms with Gasteiger partial charge in [0, 0.05) is 31.8 Å². The summed E-state index contributed by atoms with van der Waals surface area (Å²) in [7, 11) is 1.67. The van der Waals surface area contributed by atoms with Crippen LogP contribution in [0.15, 0.2) is 24.3 Å². The normalized spacial score (nSPS) is 20.4. The molecular formula is C18H27ClN2O3. The van der Waals surface area contributed by atoms with Crippen molar-refractivity contribution in [1.82, 2.24) is 10.2 Å². The Morgan fingerprint density at radius 2 is 2.12 bits per heavy atom. The minimum absolute atomic E-state index is 0. The first-order valence-electron chi connectivity index (χ1n) is 8.50. The van der Waals surface area contributed by atoms with Crippen molar-refractivity contribution in [1.29, 1.82) is 0 Å². The summed E-state index contributed by atoms with van der Waals surface area (Å²) in [6.07, 6.45) is 3.02. The van der Waals surface area contributed by atoms with Crippen molar-refractivity contribution in [2.75, 3.05) is 40.0 Å². The highest BCUT2D eigenvalue weighted by Gasteiger charge is 2.29. The van der Waals surface area contributed by atoms with Crippen molar-refractivity contribution >= 4 is 18.3 Å². The van der Waals surface area contributed by atoms with Crippen LogP contribution in [0.25, 0.3) is 0 Å². The van der Waals surface area contributed by atoms with Crippen LogP contribution in [-0.2, 0) is 9.53 Å². The molecule has 0 aromatic heterocycles. The average molecular weight is 355 g/mol. The lowest BCUT2D eigenvalue weighted by atomic mass is 10.0. The molecule has 1 aliphatic carbocycles. The second kappa shape index (κ2) is 9.25. The number of methoxy groups -OCH3 is 1. The van der Waals surface area contributed by atoms with Crippen molar-refractivity contribution in [3.05, 3.63) is 29.8 Å². The molecule has 2 fully saturated rings. The molecule has 1 atom stereocenters. The predicted octanol–water partition coefficient (Wildman–Crippen LogP) is 2.41. The van der Waals surface area contributed by atoms with Crippen molar-refractivity contribution in [2.45, 2.75) is 25.3 Å². The Balaban J connectivity index is 0.00000208. The molecule has 5 nitrogen and oxygen atoms in total. The third kappa shape index (κ3) is 4.85. The number of carbonyl (C=O) groups excluding carboxylic acids is 1. The first kappa shape index (κ1) is 19.0. The Morgan fingerprint density at radius 3 is 2.88 bits per heavy atom. The molecule has 1 amide bonds. The molecule has 0 radical (unpaired) electrons. The van der Waals surface area contributed by atoms with E-state index < -0.39 is 0 Å². The fourth-order valence-corrected chi connectivity index (χ4v) is 3.06. The average Bonchev–Trinajstić information content (AvgIpc) is 3.43. The van der Waals surface area contributed by atoms with Gasteiger partial charge < -0.3 is 19.7 Å². The number of amides is 1. The van der Waals surface area contributed by atoms with Crippen molar-refractivity contribution in [3.63, 3.8) is 0 Å². The first-order chi connectivity index (χ1) is 11.3. The van der Waals surface area contributed by atoms with E-state index in [9.17, 15) is 4.79 Å². The van der Waals surface area contributed by atoms with Gasteiger partial charge in [0.15, 0.2) is 0 Å². The minimum Gasteiger partial charge on any atom is -0.496 e. The van der Waals surface area contributed by atoms with E-state index >= 15 is 0 Å². The molecule has 1 unspecified atom stereocenters. The number of hydrogen-bond donors (Lipinski definition) is 1. The van der Waals surface area contributed by atoms with E-state index in [1.165, 1.54) is 12.8 Å². The Kier molecular flexibility index (Phi) is 7.34. The lowest BCUT2D eigenvalue weighted by molar-refractivity contribution is -0.135. The van der Waals surface area contributed by atoms with Crippen LogP contribution in [0.3, 0.4) is 0 Å². The van der Waals surface area contributed by atoms with Crippen molar-refractivity contribution in [2.24, 2.45) is 5.92 Å². The molecule has 1 aliphatic heterocycles. The van der Waals surface area contributed by atoms with Crippen LogP contribution in [0, 0.1) is 5.92 Å². The maximum absolute atomic E-state index is 12.6. The third-order valence-corrected chi connectivity index (χ3v) is 4.57. The van der Waals surface area contributed by atoms with E-state index in [0.29, 0.717) is 13.0 Å². The lowest BCUT2D eigenvalue weighted by Crippen LogP contribution is -2.49. The summed E-state index contributed by atoms with van der Waals surface area (Å²) in [6.45, 7) is 3.65. The lowest BCUT2D eigenvalue weighted by Gasteiger charge is -2.37. The Hall–Kier alpha value is -1.30. The van der Waals surface area contributed by atoms with Gasteiger partial charge in [-0.15, -0.1) is 12.4 Å². The summed E-state index contributed by atoms with van der Waals surface area (Å²) in [4.78, 5) is 14.6. The van der Waals surface area contributed by atoms with Gasteiger partial charge in [-0.25, -0.2) is 0 Å². The number of carbonyl (C=O) groups is 1. The van der Waals surface area contributed by atoms with Crippen molar-refractivity contribution in [3.8, 4) is 5.75 Å². The van der Waals surface area contributed by atoms with E-state index in [0.717, 1.165) is 43.5 Å². The van der Waals surface area contributed by atoms with Crippen LogP contribution in [0.2, 0.25) is 0 Å². The second-order valence-electron chi connectivity index (χ2n) is 6.32. The second-order valence-corrected chi connectivity index (χ2v) is 6.32. The van der Waals surface area contributed by atoms with Gasteiger partial charge in [-0.3, -0.25) is 4.79 Å². The summed E-state index contributed by atoms with van der Waals surface area (Å²) in [5.41, 5.74) is 1.06. The number of ether oxygens (including phenoxy) is 2. The van der Waals surface area contributed by atoms with Crippen molar-refractivity contribution < 1.29 is 14.3 Å². The number of hydrogen-bond acceptors (Lipinski definition) is 4. The summed E-state index contributed by atoms with van der Waals surface area (Å²) < 4.78 is 11.1. The molecule has 0 bridgehead atoms. The third-order valence-electron chi connectivity index (χ3n) is 4.57. The molecule has 1 aromatic carbocycles. The van der Waals surface area contributed by atoms with E-state index in [2.05, 4.69) is 5.32 Å². The highest BCUT2D eigenvalue weighted by atomic mass is 35.5. The highest BCUT2D eigenvalue weighted by molar-refractivity contribution is 5.85. The van der Waals surface area contributed by atoms with Crippen LogP contribution in [0.1, 0.15) is 30.9 Å². The molecule has 1 aromatic rings. The van der Waals surface area contributed by atoms with Gasteiger partial charge in [-0.2, -0.15) is 0 Å². The van der Waals surface area contributed by atoms with E-state index in [-0.39, 0.29) is 24.4 Å². The van der Waals surface area contributed by atoms with Gasteiger partial charge in [0.25, 0.3) is 0 Å². The minimum atomic E-state index is 0. The monoisotopic (exact) mass is 354 g/mol. The quantitative estimate of drug-likeness (QED) is 0.764. The molecule has 1 saturated heterocycles. The van der Waals surface area contributed by atoms with Gasteiger partial charge in [0.2, 0.25) is 5.91 Å². The molecule has 1 saturated carbocycles. The van der Waals surface area contributed by atoms with E-state index in [4.69, 9.17) is 9.47 Å². The van der Waals surface area contributed by atoms with Crippen LogP contribution in [-0.4, -0.2) is 50.8 Å². The maximum Gasteiger partial charge on any atom is 0.225 e. The number of nitrogens with one attached hydrogen (secondary N) is 1. The number of rotatable bonds is 7. The summed E-state index contributed by atoms with van der Waals surface area (Å²) in [6, 6.07) is 7.96. The molecule has 1 N–H and O–H groups in total. The highest BCUT2D eigenvalue weighted by Crippen LogP contribution is 2.31. The van der Waals surface area contributed by atoms with Gasteiger partial charge >= 0.3 is 0 Å². The largest absolute Gasteiger partial charge is 0.496 e. The van der Waals surface area contributed by atoms with Crippen LogP contribution in [0.5, 0.6) is 5.75 Å². The fraction of sp³-hybridized carbons (Fsp3) is 0.611. The fourth-order valence-electron chi connectivity index (χ4n) is 3.06. The summed E-state index contributed by atoms with van der Waals surface area (Å²) in [5, 5.41) is 3.38. The van der Waals surface area contributed by atoms with Crippen LogP contribution in [0.4, 0.5) is 0 Å². The molecule has 6 heteroatoms. The molecule has 134 valence electrons. The molecule has 0 spiro atoms. The summed E-state index contributed by atoms with van der Waals surface area (Å²) >= 11 is 0. The smallest absolute Gasteiger partial charge is 0.225 e. The van der Waals surface area contributed by atoms with Gasteiger partial charge in [0.1, 0.15) is 5.75 Å². The predicted molar refractivity (Wildman–Crippen MR) is 95.7 cm³/mol. The Morgan fingerprint density at radius 1 is 1.33 bits per heavy atom. The number of benzene rings is 1. The Bertz CT molecular complexity index is 537. The molecular weight excluding hydrogens is 328 g/mol. The number of para-hydroxylation sites is 1. The Labute approximate surface area is 150 Å². The van der Waals surface area contributed by atoms with Gasteiger partial charge in [-0.1, -0.05) is 18.2 Å². The maximum atomic E-state index is 12.6. The number of nitrogens with zero attached hydrogens (tertiary/aromatic N) is 1. The van der Waals surface area contributed by atoms with E-state index in [1.54, 1.807) is 7.11 Å². The molecule has 2 aliphatic rings. The van der Waals surface area contributed by atoms with Gasteiger partial charge in [0.05, 0.1) is 26.2 Å². The van der Waals surface area contributed by atoms with Gasteiger partial charge in [-0.05, 0) is 24.8 Å². The summed E-state index contributed by atoms with van der Waals surface area (Å²) in [5.74, 6) is 1.74. The zero-order chi connectivity index (χ0) is 16.1. The molecule has 24 heavy (non-hydrogen) atoms. The number of piperazine rings is 1. The van der Waals surface area contributed by atoms with E-state index in [1.807, 2.05) is 29.2 Å². The van der Waals surface area contributed by atoms with Crippen LogP contribution < -0.4 is 10.1 Å². The zero-order valence-electron chi connectivity index (χ0n) is 14.2. The molecule has 1 heterocycles. The standard InChI is InChI=1S/C18H26N2O3.ClH/c1-22-17-5-3-2-4-15(17)16-12-19-9-10-20(16)18(21)8-11-23-13-14-6-7-14;/h2-5,14,16,19H,6-13H2,1H3;1H. The zero-order valence-corrected chi connectivity index (χ0v) is 15.0. The molecule has 3 rings (SSSR count). The first-order valence-corrected chi connectivity index (χ1v) is 8.50. The number of halogens is 1. The van der Waals surface area contributed by atoms with Crippen LogP contribution >= 0.6 is 12.4 Å². The topological polar surface area (TPSA) is 50.8 Å².